The first-order valence-corrected chi connectivity index (χ1v) is 5.24. The van der Waals surface area contributed by atoms with Crippen LogP contribution in [0.5, 0.6) is 0 Å². The summed E-state index contributed by atoms with van der Waals surface area (Å²) in [4.78, 5) is 0. The van der Waals surface area contributed by atoms with E-state index in [0.29, 0.717) is 5.56 Å². The number of alkyl halides is 2. The van der Waals surface area contributed by atoms with E-state index in [2.05, 4.69) is 15.9 Å². The van der Waals surface area contributed by atoms with Crippen molar-refractivity contribution in [1.29, 1.82) is 0 Å². The highest BCUT2D eigenvalue weighted by Gasteiger charge is 2.55. The Bertz CT molecular complexity index is 398. The molecule has 1 aromatic rings. The molecule has 0 bridgehead atoms. The molecule has 0 amide bonds. The van der Waals surface area contributed by atoms with E-state index in [4.69, 9.17) is 5.73 Å². The van der Waals surface area contributed by atoms with Crippen LogP contribution in [0.15, 0.2) is 22.7 Å². The minimum atomic E-state index is -2.68. The number of halogens is 4. The molecule has 0 spiro atoms. The Morgan fingerprint density at radius 2 is 1.87 bits per heavy atom. The van der Waals surface area contributed by atoms with E-state index in [1.165, 1.54) is 18.2 Å². The molecule has 0 saturated heterocycles. The SMILES string of the molecule is NC1(c2ccc(F)c(Br)c2)CC(F)(F)C1. The summed E-state index contributed by atoms with van der Waals surface area (Å²) in [7, 11) is 0. The van der Waals surface area contributed by atoms with Gasteiger partial charge in [-0.25, -0.2) is 13.2 Å². The topological polar surface area (TPSA) is 26.0 Å². The van der Waals surface area contributed by atoms with Crippen molar-refractivity contribution in [3.05, 3.63) is 34.1 Å². The van der Waals surface area contributed by atoms with Crippen molar-refractivity contribution < 1.29 is 13.2 Å². The molecule has 1 nitrogen and oxygen atoms in total. The Labute approximate surface area is 93.6 Å². The van der Waals surface area contributed by atoms with Gasteiger partial charge in [-0.3, -0.25) is 0 Å². The fourth-order valence-electron chi connectivity index (χ4n) is 1.88. The summed E-state index contributed by atoms with van der Waals surface area (Å²) in [6.45, 7) is 0. The first-order chi connectivity index (χ1) is 6.82. The van der Waals surface area contributed by atoms with Gasteiger partial charge < -0.3 is 5.73 Å². The van der Waals surface area contributed by atoms with Crippen LogP contribution in [0, 0.1) is 5.82 Å². The van der Waals surface area contributed by atoms with Crippen molar-refractivity contribution in [3.8, 4) is 0 Å². The third-order valence-corrected chi connectivity index (χ3v) is 3.25. The van der Waals surface area contributed by atoms with E-state index >= 15 is 0 Å². The summed E-state index contributed by atoms with van der Waals surface area (Å²) in [6.07, 6.45) is -0.754. The molecule has 1 saturated carbocycles. The molecule has 0 heterocycles. The van der Waals surface area contributed by atoms with Gasteiger partial charge in [0.15, 0.2) is 0 Å². The van der Waals surface area contributed by atoms with Gasteiger partial charge in [0.05, 0.1) is 10.0 Å². The average Bonchev–Trinajstić information content (AvgIpc) is 2.06. The van der Waals surface area contributed by atoms with Crippen LogP contribution in [-0.4, -0.2) is 5.92 Å². The maximum absolute atomic E-state index is 12.9. The van der Waals surface area contributed by atoms with Crippen LogP contribution in [0.4, 0.5) is 13.2 Å². The lowest BCUT2D eigenvalue weighted by molar-refractivity contribution is -0.125. The maximum atomic E-state index is 12.9. The molecule has 82 valence electrons. The Morgan fingerprint density at radius 1 is 1.27 bits per heavy atom. The molecule has 15 heavy (non-hydrogen) atoms. The zero-order valence-electron chi connectivity index (χ0n) is 7.74. The lowest BCUT2D eigenvalue weighted by Gasteiger charge is -2.44. The predicted molar refractivity (Wildman–Crippen MR) is 54.1 cm³/mol. The molecule has 0 aliphatic heterocycles. The number of hydrogen-bond acceptors (Lipinski definition) is 1. The van der Waals surface area contributed by atoms with Crippen LogP contribution in [0.2, 0.25) is 0 Å². The van der Waals surface area contributed by atoms with Crippen LogP contribution >= 0.6 is 15.9 Å². The lowest BCUT2D eigenvalue weighted by atomic mass is 9.70. The molecule has 1 aliphatic rings. The summed E-state index contributed by atoms with van der Waals surface area (Å²) in [5.74, 6) is -3.11. The second kappa shape index (κ2) is 3.22. The molecule has 2 rings (SSSR count). The Hall–Kier alpha value is -0.550. The zero-order chi connectivity index (χ0) is 11.3. The van der Waals surface area contributed by atoms with E-state index in [0.717, 1.165) is 0 Å². The Morgan fingerprint density at radius 3 is 2.33 bits per heavy atom. The number of nitrogens with two attached hydrogens (primary N) is 1. The van der Waals surface area contributed by atoms with Crippen LogP contribution in [-0.2, 0) is 5.54 Å². The van der Waals surface area contributed by atoms with Crippen molar-refractivity contribution in [3.63, 3.8) is 0 Å². The van der Waals surface area contributed by atoms with Crippen molar-refractivity contribution >= 4 is 15.9 Å². The molecule has 1 aromatic carbocycles. The average molecular weight is 280 g/mol. The van der Waals surface area contributed by atoms with Gasteiger partial charge in [0.2, 0.25) is 0 Å². The standard InChI is InChI=1S/C10H9BrF3N/c11-7-3-6(1-2-8(7)12)9(15)4-10(13,14)5-9/h1-3H,4-5,15H2. The first-order valence-electron chi connectivity index (χ1n) is 4.45. The highest BCUT2D eigenvalue weighted by atomic mass is 79.9. The van der Waals surface area contributed by atoms with E-state index in [1.54, 1.807) is 0 Å². The van der Waals surface area contributed by atoms with Gasteiger partial charge in [-0.05, 0) is 33.6 Å². The summed E-state index contributed by atoms with van der Waals surface area (Å²) < 4.78 is 38.6. The predicted octanol–water partition coefficient (Wildman–Crippen LogP) is 3.17. The van der Waals surface area contributed by atoms with Gasteiger partial charge in [-0.1, -0.05) is 6.07 Å². The van der Waals surface area contributed by atoms with Gasteiger partial charge >= 0.3 is 0 Å². The van der Waals surface area contributed by atoms with E-state index in [9.17, 15) is 13.2 Å². The van der Waals surface area contributed by atoms with E-state index in [-0.39, 0.29) is 17.3 Å². The summed E-state index contributed by atoms with van der Waals surface area (Å²) in [5, 5.41) is 0. The summed E-state index contributed by atoms with van der Waals surface area (Å²) in [5.41, 5.74) is 5.32. The quantitative estimate of drug-likeness (QED) is 0.840. The summed E-state index contributed by atoms with van der Waals surface area (Å²) >= 11 is 3.00. The number of hydrogen-bond donors (Lipinski definition) is 1. The van der Waals surface area contributed by atoms with Gasteiger partial charge in [0, 0.05) is 12.8 Å². The third-order valence-electron chi connectivity index (χ3n) is 2.64. The van der Waals surface area contributed by atoms with Crippen LogP contribution in [0.25, 0.3) is 0 Å². The highest BCUT2D eigenvalue weighted by Crippen LogP contribution is 2.50. The minimum absolute atomic E-state index is 0.250. The molecule has 0 radical (unpaired) electrons. The van der Waals surface area contributed by atoms with Crippen LogP contribution < -0.4 is 5.73 Å². The molecule has 0 unspecified atom stereocenters. The Balaban J connectivity index is 2.28. The van der Waals surface area contributed by atoms with Crippen molar-refractivity contribution in [2.24, 2.45) is 5.73 Å². The molecule has 2 N–H and O–H groups in total. The largest absolute Gasteiger partial charge is 0.321 e. The second-order valence-corrected chi connectivity index (χ2v) is 4.85. The van der Waals surface area contributed by atoms with E-state index < -0.39 is 17.3 Å². The number of rotatable bonds is 1. The molecular weight excluding hydrogens is 271 g/mol. The first kappa shape index (κ1) is 11.0. The van der Waals surface area contributed by atoms with Gasteiger partial charge in [0.1, 0.15) is 5.82 Å². The van der Waals surface area contributed by atoms with Gasteiger partial charge in [-0.2, -0.15) is 0 Å². The molecule has 1 fully saturated rings. The molecule has 0 atom stereocenters. The monoisotopic (exact) mass is 279 g/mol. The molecular formula is C10H9BrF3N. The van der Waals surface area contributed by atoms with Crippen molar-refractivity contribution in [2.75, 3.05) is 0 Å². The molecule has 5 heteroatoms. The van der Waals surface area contributed by atoms with Gasteiger partial charge in [0.25, 0.3) is 5.92 Å². The third kappa shape index (κ3) is 1.90. The van der Waals surface area contributed by atoms with Crippen molar-refractivity contribution in [1.82, 2.24) is 0 Å². The molecule has 0 aromatic heterocycles. The smallest absolute Gasteiger partial charge is 0.252 e. The van der Waals surface area contributed by atoms with Crippen LogP contribution in [0.3, 0.4) is 0 Å². The van der Waals surface area contributed by atoms with Crippen LogP contribution in [0.1, 0.15) is 18.4 Å². The van der Waals surface area contributed by atoms with Crippen molar-refractivity contribution in [2.45, 2.75) is 24.3 Å². The lowest BCUT2D eigenvalue weighted by Crippen LogP contribution is -2.55. The second-order valence-electron chi connectivity index (χ2n) is 3.99. The molecule has 1 aliphatic carbocycles. The fourth-order valence-corrected chi connectivity index (χ4v) is 2.26. The number of benzene rings is 1. The van der Waals surface area contributed by atoms with Gasteiger partial charge in [-0.15, -0.1) is 0 Å². The highest BCUT2D eigenvalue weighted by molar-refractivity contribution is 9.10. The summed E-state index contributed by atoms with van der Waals surface area (Å²) in [6, 6.07) is 4.14. The van der Waals surface area contributed by atoms with E-state index in [1.807, 2.05) is 0 Å². The zero-order valence-corrected chi connectivity index (χ0v) is 9.32. The maximum Gasteiger partial charge on any atom is 0.252 e. The Kier molecular flexibility index (Phi) is 2.35. The normalized spacial score (nSPS) is 22.2. The minimum Gasteiger partial charge on any atom is -0.321 e. The fraction of sp³-hybridized carbons (Fsp3) is 0.400.